The van der Waals surface area contributed by atoms with Gasteiger partial charge in [0.05, 0.1) is 11.5 Å². The lowest BCUT2D eigenvalue weighted by Crippen LogP contribution is -2.33. The second kappa shape index (κ2) is 10.7. The minimum absolute atomic E-state index is 0.0426. The molecule has 1 unspecified atom stereocenters. The van der Waals surface area contributed by atoms with E-state index in [-0.39, 0.29) is 29.2 Å². The molecule has 2 N–H and O–H groups in total. The minimum atomic E-state index is -0.424. The van der Waals surface area contributed by atoms with Gasteiger partial charge in [0.1, 0.15) is 6.04 Å². The van der Waals surface area contributed by atoms with Crippen LogP contribution < -0.4 is 10.6 Å². The van der Waals surface area contributed by atoms with Crippen LogP contribution in [0, 0.1) is 12.8 Å². The number of carbonyl (C=O) groups is 2. The molecule has 3 aromatic rings. The van der Waals surface area contributed by atoms with E-state index in [1.165, 1.54) is 11.8 Å². The molecular weight excluding hydrogens is 414 g/mol. The largest absolute Gasteiger partial charge is 0.343 e. The van der Waals surface area contributed by atoms with Crippen molar-refractivity contribution >= 4 is 29.3 Å². The van der Waals surface area contributed by atoms with Gasteiger partial charge in [-0.1, -0.05) is 36.7 Å². The number of hydrogen-bond acceptors (Lipinski definition) is 7. The van der Waals surface area contributed by atoms with Crippen LogP contribution in [0.15, 0.2) is 53.3 Å². The summed E-state index contributed by atoms with van der Waals surface area (Å²) in [7, 11) is 0. The predicted octanol–water partition coefficient (Wildman–Crippen LogP) is 3.63. The fraction of sp³-hybridized carbons (Fsp3) is 0.318. The van der Waals surface area contributed by atoms with Crippen molar-refractivity contribution < 1.29 is 14.1 Å². The molecule has 8 nitrogen and oxygen atoms in total. The van der Waals surface area contributed by atoms with Gasteiger partial charge in [-0.15, -0.1) is 11.8 Å². The van der Waals surface area contributed by atoms with Crippen molar-refractivity contribution in [1.29, 1.82) is 0 Å². The average Bonchev–Trinajstić information content (AvgIpc) is 3.24. The summed E-state index contributed by atoms with van der Waals surface area (Å²) in [6.45, 7) is 5.90. The summed E-state index contributed by atoms with van der Waals surface area (Å²) in [4.78, 5) is 33.0. The van der Waals surface area contributed by atoms with Crippen molar-refractivity contribution in [3.63, 3.8) is 0 Å². The van der Waals surface area contributed by atoms with Gasteiger partial charge in [0.2, 0.25) is 23.5 Å². The molecule has 0 saturated heterocycles. The van der Waals surface area contributed by atoms with Crippen LogP contribution in [0.25, 0.3) is 11.4 Å². The lowest BCUT2D eigenvalue weighted by atomic mass is 10.0. The van der Waals surface area contributed by atoms with Crippen LogP contribution in [-0.4, -0.2) is 38.4 Å². The Balaban J connectivity index is 1.50. The maximum atomic E-state index is 12.4. The van der Waals surface area contributed by atoms with E-state index in [4.69, 9.17) is 4.52 Å². The molecule has 0 bridgehead atoms. The van der Waals surface area contributed by atoms with E-state index in [0.717, 1.165) is 16.8 Å². The maximum absolute atomic E-state index is 12.4. The second-order valence-electron chi connectivity index (χ2n) is 7.39. The van der Waals surface area contributed by atoms with Crippen LogP contribution in [0.5, 0.6) is 0 Å². The Kier molecular flexibility index (Phi) is 7.77. The fourth-order valence-electron chi connectivity index (χ4n) is 2.77. The van der Waals surface area contributed by atoms with Gasteiger partial charge in [-0.05, 0) is 37.1 Å². The van der Waals surface area contributed by atoms with Crippen LogP contribution >= 0.6 is 11.8 Å². The first-order chi connectivity index (χ1) is 14.9. The molecule has 1 atom stereocenters. The molecule has 31 heavy (non-hydrogen) atoms. The number of nitrogens with zero attached hydrogens (tertiary/aromatic N) is 3. The zero-order valence-corrected chi connectivity index (χ0v) is 18.5. The van der Waals surface area contributed by atoms with Gasteiger partial charge < -0.3 is 15.2 Å². The van der Waals surface area contributed by atoms with E-state index >= 15 is 0 Å². The van der Waals surface area contributed by atoms with Gasteiger partial charge in [0.25, 0.3) is 0 Å². The molecule has 0 saturated carbocycles. The Labute approximate surface area is 185 Å². The van der Waals surface area contributed by atoms with Crippen molar-refractivity contribution in [1.82, 2.24) is 20.4 Å². The number of anilines is 1. The van der Waals surface area contributed by atoms with Crippen molar-refractivity contribution in [2.75, 3.05) is 16.8 Å². The molecule has 0 aliphatic carbocycles. The molecule has 1 aromatic carbocycles. The number of aryl methyl sites for hydroxylation is 1. The second-order valence-corrected chi connectivity index (χ2v) is 8.38. The molecule has 0 aliphatic rings. The zero-order chi connectivity index (χ0) is 22.2. The van der Waals surface area contributed by atoms with Gasteiger partial charge in [-0.2, -0.15) is 4.98 Å². The summed E-state index contributed by atoms with van der Waals surface area (Å²) >= 11 is 1.24. The molecule has 2 amide bonds. The third-order valence-electron chi connectivity index (χ3n) is 4.41. The number of pyridine rings is 1. The van der Waals surface area contributed by atoms with E-state index in [2.05, 4.69) is 25.8 Å². The molecule has 2 aromatic heterocycles. The maximum Gasteiger partial charge on any atom is 0.249 e. The van der Waals surface area contributed by atoms with E-state index in [1.807, 2.05) is 51.1 Å². The predicted molar refractivity (Wildman–Crippen MR) is 120 cm³/mol. The van der Waals surface area contributed by atoms with Crippen molar-refractivity contribution in [3.05, 3.63) is 60.2 Å². The Morgan fingerprint density at radius 2 is 1.84 bits per heavy atom. The third kappa shape index (κ3) is 6.65. The molecule has 9 heteroatoms. The van der Waals surface area contributed by atoms with Gasteiger partial charge in [0, 0.05) is 23.6 Å². The highest BCUT2D eigenvalue weighted by Gasteiger charge is 2.25. The van der Waals surface area contributed by atoms with Gasteiger partial charge in [-0.25, -0.2) is 0 Å². The Hall–Kier alpha value is -3.20. The van der Waals surface area contributed by atoms with E-state index < -0.39 is 6.04 Å². The van der Waals surface area contributed by atoms with Gasteiger partial charge in [-0.3, -0.25) is 14.6 Å². The quantitative estimate of drug-likeness (QED) is 0.524. The highest BCUT2D eigenvalue weighted by atomic mass is 32.2. The molecule has 0 fully saturated rings. The molecular formula is C22H25N5O3S. The Morgan fingerprint density at radius 1 is 1.10 bits per heavy atom. The molecule has 2 heterocycles. The third-order valence-corrected chi connectivity index (χ3v) is 5.34. The number of thioether (sulfide) groups is 1. The first kappa shape index (κ1) is 22.5. The number of hydrogen-bond donors (Lipinski definition) is 2. The summed E-state index contributed by atoms with van der Waals surface area (Å²) in [5, 5.41) is 9.73. The molecule has 0 spiro atoms. The standard InChI is InChI=1S/C22H25N5O3S/c1-14(2)20(22-26-21(27-30-22)16-5-4-10-23-11-16)25-19(29)13-31-12-18(28)24-17-8-6-15(3)7-9-17/h4-11,14,20H,12-13H2,1-3H3,(H,24,28)(H,25,29). The molecule has 0 radical (unpaired) electrons. The number of nitrogens with one attached hydrogen (secondary N) is 2. The van der Waals surface area contributed by atoms with Gasteiger partial charge >= 0.3 is 0 Å². The summed E-state index contributed by atoms with van der Waals surface area (Å²) in [6.07, 6.45) is 3.32. The smallest absolute Gasteiger partial charge is 0.249 e. The number of carbonyl (C=O) groups excluding carboxylic acids is 2. The first-order valence-electron chi connectivity index (χ1n) is 9.90. The SMILES string of the molecule is Cc1ccc(NC(=O)CSCC(=O)NC(c2nc(-c3cccnc3)no2)C(C)C)cc1. The van der Waals surface area contributed by atoms with Crippen molar-refractivity contribution in [3.8, 4) is 11.4 Å². The summed E-state index contributed by atoms with van der Waals surface area (Å²) in [5.74, 6) is 0.775. The topological polar surface area (TPSA) is 110 Å². The molecule has 162 valence electrons. The van der Waals surface area contributed by atoms with Crippen LogP contribution in [-0.2, 0) is 9.59 Å². The van der Waals surface area contributed by atoms with E-state index in [9.17, 15) is 9.59 Å². The summed E-state index contributed by atoms with van der Waals surface area (Å²) in [6, 6.07) is 10.8. The number of amides is 2. The minimum Gasteiger partial charge on any atom is -0.343 e. The summed E-state index contributed by atoms with van der Waals surface area (Å²) < 4.78 is 5.39. The number of rotatable bonds is 9. The van der Waals surface area contributed by atoms with Crippen LogP contribution in [0.3, 0.4) is 0 Å². The van der Waals surface area contributed by atoms with Gasteiger partial charge in [0.15, 0.2) is 0 Å². The number of aromatic nitrogens is 3. The van der Waals surface area contributed by atoms with Crippen LogP contribution in [0.2, 0.25) is 0 Å². The van der Waals surface area contributed by atoms with E-state index in [1.54, 1.807) is 18.5 Å². The van der Waals surface area contributed by atoms with Crippen LogP contribution in [0.4, 0.5) is 5.69 Å². The zero-order valence-electron chi connectivity index (χ0n) is 17.7. The lowest BCUT2D eigenvalue weighted by molar-refractivity contribution is -0.119. The highest BCUT2D eigenvalue weighted by molar-refractivity contribution is 8.00. The number of benzene rings is 1. The molecule has 3 rings (SSSR count). The van der Waals surface area contributed by atoms with Crippen molar-refractivity contribution in [2.24, 2.45) is 5.92 Å². The molecule has 0 aliphatic heterocycles. The van der Waals surface area contributed by atoms with E-state index in [0.29, 0.717) is 11.7 Å². The lowest BCUT2D eigenvalue weighted by Gasteiger charge is -2.18. The highest BCUT2D eigenvalue weighted by Crippen LogP contribution is 2.23. The van der Waals surface area contributed by atoms with Crippen LogP contribution in [0.1, 0.15) is 31.3 Å². The monoisotopic (exact) mass is 439 g/mol. The Morgan fingerprint density at radius 3 is 2.52 bits per heavy atom. The normalized spacial score (nSPS) is 11.9. The first-order valence-corrected chi connectivity index (χ1v) is 11.1. The fourth-order valence-corrected chi connectivity index (χ4v) is 3.40. The van der Waals surface area contributed by atoms with Crippen molar-refractivity contribution in [2.45, 2.75) is 26.8 Å². The summed E-state index contributed by atoms with van der Waals surface area (Å²) in [5.41, 5.74) is 2.60. The Bertz CT molecular complexity index is 1010. The average molecular weight is 440 g/mol.